The van der Waals surface area contributed by atoms with E-state index in [4.69, 9.17) is 5.73 Å². The summed E-state index contributed by atoms with van der Waals surface area (Å²) in [5.41, 5.74) is 5.11. The normalized spacial score (nSPS) is 20.1. The van der Waals surface area contributed by atoms with Crippen LogP contribution in [0.5, 0.6) is 0 Å². The fourth-order valence-electron chi connectivity index (χ4n) is 3.19. The Bertz CT molecular complexity index is 1230. The van der Waals surface area contributed by atoms with Crippen molar-refractivity contribution in [2.75, 3.05) is 17.2 Å². The second-order valence-electron chi connectivity index (χ2n) is 6.87. The summed E-state index contributed by atoms with van der Waals surface area (Å²) in [6.07, 6.45) is 0. The van der Waals surface area contributed by atoms with Crippen LogP contribution in [0.1, 0.15) is 5.69 Å². The fourth-order valence-corrected chi connectivity index (χ4v) is 6.08. The molecule has 186 valence electrons. The quantitative estimate of drug-likeness (QED) is 0.161. The Kier molecular flexibility index (Phi) is 7.17. The molecule has 19 heteroatoms. The summed E-state index contributed by atoms with van der Waals surface area (Å²) in [5, 5.41) is 27.5. The summed E-state index contributed by atoms with van der Waals surface area (Å²) in [4.78, 5) is 46.4. The maximum Gasteiger partial charge on any atom is 0.407 e. The fraction of sp³-hybridized carbons (Fsp3) is 0.375. The lowest BCUT2D eigenvalue weighted by molar-refractivity contribution is -0.150. The van der Waals surface area contributed by atoms with Crippen LogP contribution >= 0.6 is 34.9 Å². The Labute approximate surface area is 206 Å². The van der Waals surface area contributed by atoms with E-state index in [0.717, 1.165) is 16.2 Å². The molecule has 0 spiro atoms. The Hall–Kier alpha value is -3.32. The number of alkyl halides is 2. The number of carboxylic acid groups (broad SMARTS) is 1. The third-order valence-corrected chi connectivity index (χ3v) is 7.81. The minimum absolute atomic E-state index is 0.0602. The summed E-state index contributed by atoms with van der Waals surface area (Å²) in [6.45, 7) is -3.29. The van der Waals surface area contributed by atoms with Gasteiger partial charge in [-0.3, -0.25) is 14.5 Å². The number of halogens is 2. The number of nitrogens with two attached hydrogens (primary N) is 1. The minimum Gasteiger partial charge on any atom is -0.477 e. The highest BCUT2D eigenvalue weighted by Gasteiger charge is 2.54. The highest BCUT2D eigenvalue weighted by Crippen LogP contribution is 2.41. The van der Waals surface area contributed by atoms with E-state index in [-0.39, 0.29) is 28.0 Å². The maximum absolute atomic E-state index is 12.8. The van der Waals surface area contributed by atoms with E-state index in [0.29, 0.717) is 10.7 Å². The number of tetrazole rings is 1. The van der Waals surface area contributed by atoms with Crippen LogP contribution in [0.3, 0.4) is 0 Å². The van der Waals surface area contributed by atoms with Crippen molar-refractivity contribution in [3.63, 3.8) is 0 Å². The van der Waals surface area contributed by atoms with Crippen molar-refractivity contribution >= 4 is 63.5 Å². The average Bonchev–Trinajstić information content (AvgIpc) is 3.42. The Balaban J connectivity index is 1.50. The molecule has 2 aliphatic heterocycles. The van der Waals surface area contributed by atoms with Crippen LogP contribution in [0, 0.1) is 0 Å². The van der Waals surface area contributed by atoms with Crippen molar-refractivity contribution in [3.05, 3.63) is 22.3 Å². The molecular weight excluding hydrogens is 532 g/mol. The summed E-state index contributed by atoms with van der Waals surface area (Å²) in [7, 11) is 1.64. The second-order valence-corrected chi connectivity index (χ2v) is 9.81. The lowest BCUT2D eigenvalue weighted by Crippen LogP contribution is -2.71. The lowest BCUT2D eigenvalue weighted by Gasteiger charge is -2.49. The number of carboxylic acids is 1. The van der Waals surface area contributed by atoms with Gasteiger partial charge in [0, 0.05) is 23.9 Å². The number of fused-ring (bicyclic) bond motifs is 1. The standard InChI is InChI=1S/C16H15F2N9O5S3/c1-26-16(22-24-25-26)35-3-5-2-33-12-8(11(29)27(12)9(5)13(30)31)21-10(28)7(23-32-14(17)18)6-4-34-15(19)20-6/h4,8,12,14H,2-3H2,1H3,(H2,19,20)(H,21,28)(H,30,31)/b23-7+. The van der Waals surface area contributed by atoms with Gasteiger partial charge in [0.25, 0.3) is 11.8 Å². The number of oxime groups is 1. The molecule has 0 radical (unpaired) electrons. The number of aryl methyl sites for hydroxylation is 1. The number of nitrogens with one attached hydrogen (secondary N) is 1. The molecule has 0 bridgehead atoms. The smallest absolute Gasteiger partial charge is 0.407 e. The zero-order valence-electron chi connectivity index (χ0n) is 17.5. The number of anilines is 1. The van der Waals surface area contributed by atoms with Crippen LogP contribution in [0.25, 0.3) is 0 Å². The third kappa shape index (κ3) is 5.05. The first-order chi connectivity index (χ1) is 16.7. The second kappa shape index (κ2) is 10.1. The highest BCUT2D eigenvalue weighted by molar-refractivity contribution is 8.01. The zero-order chi connectivity index (χ0) is 25.3. The minimum atomic E-state index is -3.29. The van der Waals surface area contributed by atoms with Crippen molar-refractivity contribution in [1.82, 2.24) is 35.4 Å². The topological polar surface area (TPSA) is 191 Å². The molecule has 1 saturated heterocycles. The first kappa shape index (κ1) is 24.8. The number of nitrogens with zero attached hydrogens (tertiary/aromatic N) is 7. The van der Waals surface area contributed by atoms with Gasteiger partial charge in [-0.15, -0.1) is 28.2 Å². The van der Waals surface area contributed by atoms with E-state index in [1.807, 2.05) is 0 Å². The molecule has 2 aromatic rings. The van der Waals surface area contributed by atoms with E-state index >= 15 is 0 Å². The van der Waals surface area contributed by atoms with Crippen LogP contribution in [0.2, 0.25) is 0 Å². The zero-order valence-corrected chi connectivity index (χ0v) is 19.9. The number of carbonyl (C=O) groups is 3. The first-order valence-electron chi connectivity index (χ1n) is 9.46. The number of hydrogen-bond acceptors (Lipinski definition) is 13. The summed E-state index contributed by atoms with van der Waals surface area (Å²) >= 11 is 3.40. The van der Waals surface area contributed by atoms with Crippen LogP contribution in [-0.2, 0) is 26.3 Å². The molecule has 1 fully saturated rings. The predicted molar refractivity (Wildman–Crippen MR) is 119 cm³/mol. The van der Waals surface area contributed by atoms with Gasteiger partial charge < -0.3 is 21.0 Å². The van der Waals surface area contributed by atoms with Crippen LogP contribution < -0.4 is 11.1 Å². The number of nitrogen functional groups attached to an aromatic ring is 1. The largest absolute Gasteiger partial charge is 0.477 e. The summed E-state index contributed by atoms with van der Waals surface area (Å²) < 4.78 is 26.4. The Morgan fingerprint density at radius 2 is 2.26 bits per heavy atom. The van der Waals surface area contributed by atoms with E-state index in [1.165, 1.54) is 33.6 Å². The highest BCUT2D eigenvalue weighted by atomic mass is 32.2. The molecule has 4 rings (SSSR count). The molecule has 0 aromatic carbocycles. The molecule has 0 saturated carbocycles. The van der Waals surface area contributed by atoms with Gasteiger partial charge in [0.2, 0.25) is 5.16 Å². The van der Waals surface area contributed by atoms with E-state index in [9.17, 15) is 28.3 Å². The number of thioether (sulfide) groups is 2. The van der Waals surface area contributed by atoms with Crippen molar-refractivity contribution < 1.29 is 33.1 Å². The summed E-state index contributed by atoms with van der Waals surface area (Å²) in [6, 6.07) is -1.12. The van der Waals surface area contributed by atoms with Crippen molar-refractivity contribution in [2.45, 2.75) is 23.2 Å². The number of carbonyl (C=O) groups excluding carboxylic acids is 2. The van der Waals surface area contributed by atoms with Gasteiger partial charge >= 0.3 is 12.6 Å². The molecule has 4 N–H and O–H groups in total. The number of rotatable bonds is 9. The molecular formula is C16H15F2N9O5S3. The third-order valence-electron chi connectivity index (χ3n) is 4.70. The number of thiazole rings is 1. The van der Waals surface area contributed by atoms with E-state index < -0.39 is 41.5 Å². The number of amides is 2. The van der Waals surface area contributed by atoms with Gasteiger partial charge in [-0.25, -0.2) is 14.5 Å². The van der Waals surface area contributed by atoms with Crippen molar-refractivity contribution in [1.29, 1.82) is 0 Å². The molecule has 2 unspecified atom stereocenters. The lowest BCUT2D eigenvalue weighted by atomic mass is 10.0. The number of aliphatic carboxylic acids is 1. The molecule has 14 nitrogen and oxygen atoms in total. The molecule has 2 aromatic heterocycles. The molecule has 35 heavy (non-hydrogen) atoms. The SMILES string of the molecule is Cn1nnnc1SCC1=C(C(=O)O)N2C(=O)C(NC(=O)/C(=N/OC(F)F)c3csc(N)n3)C2SC1. The van der Waals surface area contributed by atoms with Gasteiger partial charge in [-0.2, -0.15) is 8.78 Å². The monoisotopic (exact) mass is 547 g/mol. The molecule has 2 aliphatic rings. The van der Waals surface area contributed by atoms with Crippen LogP contribution in [0.15, 0.2) is 27.0 Å². The molecule has 0 aliphatic carbocycles. The van der Waals surface area contributed by atoms with E-state index in [2.05, 4.69) is 35.8 Å². The van der Waals surface area contributed by atoms with Crippen LogP contribution in [-0.4, -0.2) is 88.2 Å². The van der Waals surface area contributed by atoms with E-state index in [1.54, 1.807) is 7.05 Å². The van der Waals surface area contributed by atoms with Gasteiger partial charge in [-0.05, 0) is 16.0 Å². The Morgan fingerprint density at radius 3 is 2.86 bits per heavy atom. The number of aromatic nitrogens is 5. The molecule has 4 heterocycles. The number of β-lactam (4-membered cyclic amide) rings is 1. The molecule has 2 amide bonds. The van der Waals surface area contributed by atoms with Gasteiger partial charge in [0.1, 0.15) is 22.8 Å². The number of hydrogen-bond donors (Lipinski definition) is 3. The average molecular weight is 548 g/mol. The molecule has 2 atom stereocenters. The van der Waals surface area contributed by atoms with Gasteiger partial charge in [0.15, 0.2) is 10.8 Å². The Morgan fingerprint density at radius 1 is 1.49 bits per heavy atom. The van der Waals surface area contributed by atoms with Crippen molar-refractivity contribution in [2.24, 2.45) is 12.2 Å². The van der Waals surface area contributed by atoms with Gasteiger partial charge in [0.05, 0.1) is 0 Å². The van der Waals surface area contributed by atoms with Crippen LogP contribution in [0.4, 0.5) is 13.9 Å². The first-order valence-corrected chi connectivity index (χ1v) is 12.4. The van der Waals surface area contributed by atoms with Crippen molar-refractivity contribution in [3.8, 4) is 0 Å². The maximum atomic E-state index is 12.8. The predicted octanol–water partition coefficient (Wildman–Crippen LogP) is -0.277. The van der Waals surface area contributed by atoms with Gasteiger partial charge in [-0.1, -0.05) is 16.9 Å². The summed E-state index contributed by atoms with van der Waals surface area (Å²) in [5.74, 6) is -2.50.